The molecule has 1 heterocycles. The Balaban J connectivity index is 2.11. The van der Waals surface area contributed by atoms with Gasteiger partial charge in [0.1, 0.15) is 18.3 Å². The van der Waals surface area contributed by atoms with Crippen LogP contribution in [0.3, 0.4) is 0 Å². The van der Waals surface area contributed by atoms with Crippen LogP contribution in [0.5, 0.6) is 0 Å². The lowest BCUT2D eigenvalue weighted by molar-refractivity contribution is -0.209. The third-order valence-corrected chi connectivity index (χ3v) is 4.18. The molecule has 0 unspecified atom stereocenters. The van der Waals surface area contributed by atoms with Crippen molar-refractivity contribution in [2.24, 2.45) is 0 Å². The summed E-state index contributed by atoms with van der Waals surface area (Å²) in [5.41, 5.74) is 0.419. The third-order valence-electron chi connectivity index (χ3n) is 3.31. The molecule has 1 aliphatic rings. The molecule has 5 atom stereocenters. The summed E-state index contributed by atoms with van der Waals surface area (Å²) >= 11 is 0. The Hall–Kier alpha value is -1.23. The zero-order chi connectivity index (χ0) is 15.8. The van der Waals surface area contributed by atoms with Gasteiger partial charge in [-0.2, -0.15) is 8.42 Å². The molecule has 2 rings (SSSR count). The standard InChI is InChI=1S/C12H17NO7S/c1-6-9(14)10(15)11(16)12(20-6)13-7-2-4-8(5-3-7)21(17,18)19/h2-6,9-16H,1H3,(H,17,18,19)/t6-,9+,10-,11+,12-/m0/s1. The topological polar surface area (TPSA) is 136 Å². The zero-order valence-electron chi connectivity index (χ0n) is 11.1. The molecule has 1 aromatic carbocycles. The van der Waals surface area contributed by atoms with E-state index in [1.807, 2.05) is 0 Å². The van der Waals surface area contributed by atoms with Crippen molar-refractivity contribution in [3.63, 3.8) is 0 Å². The van der Waals surface area contributed by atoms with Gasteiger partial charge >= 0.3 is 0 Å². The van der Waals surface area contributed by atoms with Crippen molar-refractivity contribution in [1.29, 1.82) is 0 Å². The zero-order valence-corrected chi connectivity index (χ0v) is 11.9. The number of aliphatic hydroxyl groups excluding tert-OH is 3. The Kier molecular flexibility index (Phi) is 4.51. The fourth-order valence-corrected chi connectivity index (χ4v) is 2.54. The van der Waals surface area contributed by atoms with E-state index < -0.39 is 40.8 Å². The van der Waals surface area contributed by atoms with Crippen molar-refractivity contribution in [1.82, 2.24) is 0 Å². The van der Waals surface area contributed by atoms with E-state index in [0.717, 1.165) is 0 Å². The fraction of sp³-hybridized carbons (Fsp3) is 0.500. The molecule has 9 heteroatoms. The lowest BCUT2D eigenvalue weighted by Crippen LogP contribution is -2.58. The highest BCUT2D eigenvalue weighted by Crippen LogP contribution is 2.23. The van der Waals surface area contributed by atoms with Crippen molar-refractivity contribution in [2.75, 3.05) is 5.32 Å². The summed E-state index contributed by atoms with van der Waals surface area (Å²) in [6.07, 6.45) is -5.55. The minimum atomic E-state index is -4.27. The van der Waals surface area contributed by atoms with E-state index >= 15 is 0 Å². The predicted octanol–water partition coefficient (Wildman–Crippen LogP) is -0.827. The summed E-state index contributed by atoms with van der Waals surface area (Å²) in [5, 5.41) is 31.9. The van der Waals surface area contributed by atoms with Gasteiger partial charge in [-0.25, -0.2) is 0 Å². The average molecular weight is 319 g/mol. The smallest absolute Gasteiger partial charge is 0.294 e. The summed E-state index contributed by atoms with van der Waals surface area (Å²) in [7, 11) is -4.27. The van der Waals surface area contributed by atoms with Crippen LogP contribution in [0.1, 0.15) is 6.92 Å². The van der Waals surface area contributed by atoms with E-state index in [2.05, 4.69) is 5.32 Å². The summed E-state index contributed by atoms with van der Waals surface area (Å²) < 4.78 is 36.0. The van der Waals surface area contributed by atoms with Gasteiger partial charge in [-0.05, 0) is 31.2 Å². The van der Waals surface area contributed by atoms with Gasteiger partial charge in [0.05, 0.1) is 11.0 Å². The Labute approximate surface area is 121 Å². The average Bonchev–Trinajstić information content (AvgIpc) is 2.42. The van der Waals surface area contributed by atoms with E-state index in [0.29, 0.717) is 5.69 Å². The summed E-state index contributed by atoms with van der Waals surface area (Å²) in [6, 6.07) is 5.12. The summed E-state index contributed by atoms with van der Waals surface area (Å²) in [5.74, 6) is 0. The van der Waals surface area contributed by atoms with E-state index in [4.69, 9.17) is 9.29 Å². The highest BCUT2D eigenvalue weighted by molar-refractivity contribution is 7.85. The van der Waals surface area contributed by atoms with Crippen LogP contribution < -0.4 is 5.32 Å². The predicted molar refractivity (Wildman–Crippen MR) is 72.2 cm³/mol. The van der Waals surface area contributed by atoms with Gasteiger partial charge in [-0.1, -0.05) is 0 Å². The van der Waals surface area contributed by atoms with Gasteiger partial charge < -0.3 is 25.4 Å². The minimum absolute atomic E-state index is 0.262. The molecule has 0 saturated carbocycles. The van der Waals surface area contributed by atoms with Gasteiger partial charge in [0.15, 0.2) is 6.23 Å². The van der Waals surface area contributed by atoms with Crippen LogP contribution in [0.15, 0.2) is 29.2 Å². The van der Waals surface area contributed by atoms with Crippen molar-refractivity contribution in [2.45, 2.75) is 42.5 Å². The Bertz CT molecular complexity index is 588. The number of hydrogen-bond donors (Lipinski definition) is 5. The molecular weight excluding hydrogens is 302 g/mol. The lowest BCUT2D eigenvalue weighted by atomic mass is 9.99. The Morgan fingerprint density at radius 3 is 2.14 bits per heavy atom. The van der Waals surface area contributed by atoms with E-state index in [-0.39, 0.29) is 4.90 Å². The molecular formula is C12H17NO7S. The number of nitrogens with one attached hydrogen (secondary N) is 1. The van der Waals surface area contributed by atoms with Gasteiger partial charge in [-0.15, -0.1) is 0 Å². The Morgan fingerprint density at radius 1 is 1.05 bits per heavy atom. The van der Waals surface area contributed by atoms with Crippen LogP contribution in [-0.4, -0.2) is 58.9 Å². The van der Waals surface area contributed by atoms with Crippen LogP contribution in [0.4, 0.5) is 5.69 Å². The minimum Gasteiger partial charge on any atom is -0.388 e. The molecule has 5 N–H and O–H groups in total. The largest absolute Gasteiger partial charge is 0.388 e. The third kappa shape index (κ3) is 3.51. The van der Waals surface area contributed by atoms with Crippen LogP contribution >= 0.6 is 0 Å². The highest BCUT2D eigenvalue weighted by Gasteiger charge is 2.41. The van der Waals surface area contributed by atoms with Crippen LogP contribution in [0.2, 0.25) is 0 Å². The number of hydrogen-bond acceptors (Lipinski definition) is 7. The first-order valence-electron chi connectivity index (χ1n) is 6.24. The van der Waals surface area contributed by atoms with Crippen LogP contribution in [0.25, 0.3) is 0 Å². The van der Waals surface area contributed by atoms with Gasteiger partial charge in [0.2, 0.25) is 0 Å². The number of rotatable bonds is 3. The van der Waals surface area contributed by atoms with Crippen molar-refractivity contribution >= 4 is 15.8 Å². The maximum absolute atomic E-state index is 10.9. The molecule has 0 spiro atoms. The SMILES string of the molecule is C[C@@H]1O[C@H](Nc2ccc(S(=O)(=O)O)cc2)[C@H](O)[C@@H](O)[C@@H]1O. The van der Waals surface area contributed by atoms with Gasteiger partial charge in [0, 0.05) is 5.69 Å². The highest BCUT2D eigenvalue weighted by atomic mass is 32.2. The summed E-state index contributed by atoms with van der Waals surface area (Å²) in [4.78, 5) is -0.262. The summed E-state index contributed by atoms with van der Waals surface area (Å²) in [6.45, 7) is 1.55. The molecule has 1 saturated heterocycles. The normalized spacial score (nSPS) is 33.7. The maximum Gasteiger partial charge on any atom is 0.294 e. The molecule has 1 aromatic rings. The van der Waals surface area contributed by atoms with Crippen LogP contribution in [0, 0.1) is 0 Å². The lowest BCUT2D eigenvalue weighted by Gasteiger charge is -2.39. The Morgan fingerprint density at radius 2 is 1.62 bits per heavy atom. The molecule has 0 amide bonds. The first kappa shape index (κ1) is 16.1. The molecule has 0 aromatic heterocycles. The van der Waals surface area contributed by atoms with Gasteiger partial charge in [-0.3, -0.25) is 4.55 Å². The fourth-order valence-electron chi connectivity index (χ4n) is 2.06. The molecule has 1 aliphatic heterocycles. The second-order valence-corrected chi connectivity index (χ2v) is 6.30. The van der Waals surface area contributed by atoms with Crippen molar-refractivity contribution < 1.29 is 33.0 Å². The molecule has 0 bridgehead atoms. The molecule has 0 aliphatic carbocycles. The molecule has 1 fully saturated rings. The monoisotopic (exact) mass is 319 g/mol. The van der Waals surface area contributed by atoms with Crippen molar-refractivity contribution in [3.8, 4) is 0 Å². The first-order chi connectivity index (χ1) is 9.70. The van der Waals surface area contributed by atoms with E-state index in [1.54, 1.807) is 6.92 Å². The van der Waals surface area contributed by atoms with Gasteiger partial charge in [0.25, 0.3) is 10.1 Å². The molecule has 8 nitrogen and oxygen atoms in total. The van der Waals surface area contributed by atoms with Crippen LogP contribution in [-0.2, 0) is 14.9 Å². The molecule has 21 heavy (non-hydrogen) atoms. The second kappa shape index (κ2) is 5.87. The number of benzene rings is 1. The van der Waals surface area contributed by atoms with E-state index in [9.17, 15) is 23.7 Å². The number of aliphatic hydroxyl groups is 3. The number of ether oxygens (including phenoxy) is 1. The van der Waals surface area contributed by atoms with Crippen molar-refractivity contribution in [3.05, 3.63) is 24.3 Å². The second-order valence-electron chi connectivity index (χ2n) is 4.88. The quantitative estimate of drug-likeness (QED) is 0.456. The van der Waals surface area contributed by atoms with E-state index in [1.165, 1.54) is 24.3 Å². The number of anilines is 1. The molecule has 118 valence electrons. The maximum atomic E-state index is 10.9. The first-order valence-corrected chi connectivity index (χ1v) is 7.68. The molecule has 0 radical (unpaired) electrons.